The molecular weight excluding hydrogens is 365 g/mol. The Morgan fingerprint density at radius 1 is 1.07 bits per heavy atom. The van der Waals surface area contributed by atoms with Crippen LogP contribution in [0.4, 0.5) is 4.39 Å². The third-order valence-electron chi connectivity index (χ3n) is 5.38. The van der Waals surface area contributed by atoms with Gasteiger partial charge in [-0.15, -0.1) is 11.3 Å². The highest BCUT2D eigenvalue weighted by molar-refractivity contribution is 7.10. The predicted octanol–water partition coefficient (Wildman–Crippen LogP) is 4.64. The van der Waals surface area contributed by atoms with Crippen molar-refractivity contribution >= 4 is 28.8 Å². The van der Waals surface area contributed by atoms with E-state index < -0.39 is 23.5 Å². The molecule has 140 valence electrons. The minimum absolute atomic E-state index is 0.000757. The molecule has 1 unspecified atom stereocenters. The number of aliphatic hydroxyl groups is 1. The minimum atomic E-state index is -0.666. The molecule has 1 N–H and O–H groups in total. The quantitative estimate of drug-likeness (QED) is 0.476. The first-order valence-electron chi connectivity index (χ1n) is 9.17. The third-order valence-corrected chi connectivity index (χ3v) is 6.30. The van der Waals surface area contributed by atoms with E-state index in [0.717, 1.165) is 37.0 Å². The van der Waals surface area contributed by atoms with Gasteiger partial charge in [0.15, 0.2) is 0 Å². The summed E-state index contributed by atoms with van der Waals surface area (Å²) in [7, 11) is 0. The molecule has 4 nitrogen and oxygen atoms in total. The van der Waals surface area contributed by atoms with Crippen molar-refractivity contribution in [3.05, 3.63) is 63.6 Å². The molecule has 0 bridgehead atoms. The molecule has 1 saturated carbocycles. The van der Waals surface area contributed by atoms with E-state index in [2.05, 4.69) is 0 Å². The fourth-order valence-electron chi connectivity index (χ4n) is 4.08. The summed E-state index contributed by atoms with van der Waals surface area (Å²) in [6, 6.07) is 8.47. The molecule has 1 saturated heterocycles. The number of amides is 1. The van der Waals surface area contributed by atoms with E-state index in [9.17, 15) is 19.1 Å². The molecule has 2 aromatic rings. The Morgan fingerprint density at radius 3 is 2.41 bits per heavy atom. The normalized spacial score (nSPS) is 23.1. The van der Waals surface area contributed by atoms with Gasteiger partial charge >= 0.3 is 0 Å². The summed E-state index contributed by atoms with van der Waals surface area (Å²) >= 11 is 1.46. The molecule has 0 spiro atoms. The maximum Gasteiger partial charge on any atom is 0.295 e. The molecule has 2 heterocycles. The lowest BCUT2D eigenvalue weighted by Crippen LogP contribution is -2.40. The van der Waals surface area contributed by atoms with Crippen LogP contribution < -0.4 is 0 Å². The fraction of sp³-hybridized carbons (Fsp3) is 0.333. The van der Waals surface area contributed by atoms with E-state index in [1.54, 1.807) is 4.90 Å². The number of aliphatic hydroxyl groups excluding tert-OH is 1. The number of nitrogens with zero attached hydrogens (tertiary/aromatic N) is 1. The van der Waals surface area contributed by atoms with Gasteiger partial charge in [0.1, 0.15) is 11.6 Å². The lowest BCUT2D eigenvalue weighted by Gasteiger charge is -2.34. The Labute approximate surface area is 160 Å². The van der Waals surface area contributed by atoms with Crippen LogP contribution in [0.3, 0.4) is 0 Å². The highest BCUT2D eigenvalue weighted by Crippen LogP contribution is 2.44. The Balaban J connectivity index is 1.84. The van der Waals surface area contributed by atoms with Gasteiger partial charge in [0.25, 0.3) is 11.7 Å². The lowest BCUT2D eigenvalue weighted by atomic mass is 9.93. The maximum absolute atomic E-state index is 13.2. The molecule has 4 rings (SSSR count). The fourth-order valence-corrected chi connectivity index (χ4v) is 4.91. The van der Waals surface area contributed by atoms with Gasteiger partial charge in [0, 0.05) is 16.5 Å². The smallest absolute Gasteiger partial charge is 0.295 e. The highest BCUT2D eigenvalue weighted by atomic mass is 32.1. The molecule has 1 amide bonds. The van der Waals surface area contributed by atoms with Crippen LogP contribution in [0.2, 0.25) is 0 Å². The summed E-state index contributed by atoms with van der Waals surface area (Å²) in [4.78, 5) is 28.3. The van der Waals surface area contributed by atoms with Gasteiger partial charge in [0.2, 0.25) is 0 Å². The Hall–Kier alpha value is -2.47. The van der Waals surface area contributed by atoms with Gasteiger partial charge in [-0.2, -0.15) is 0 Å². The zero-order chi connectivity index (χ0) is 19.0. The minimum Gasteiger partial charge on any atom is -0.507 e. The van der Waals surface area contributed by atoms with Gasteiger partial charge in [-0.05, 0) is 48.6 Å². The summed E-state index contributed by atoms with van der Waals surface area (Å²) in [5.74, 6) is -1.89. The maximum atomic E-state index is 13.2. The number of carbonyl (C=O) groups excluding carboxylic acids is 2. The molecule has 2 aliphatic rings. The second-order valence-electron chi connectivity index (χ2n) is 7.02. The van der Waals surface area contributed by atoms with Gasteiger partial charge < -0.3 is 10.0 Å². The molecule has 0 radical (unpaired) electrons. The number of thiophene rings is 1. The number of Topliss-reactive ketones (excluding diaryl/α,β-unsaturated/α-hetero) is 1. The van der Waals surface area contributed by atoms with Crippen molar-refractivity contribution in [3.8, 4) is 0 Å². The average Bonchev–Trinajstić information content (AvgIpc) is 3.30. The molecule has 27 heavy (non-hydrogen) atoms. The van der Waals surface area contributed by atoms with Crippen molar-refractivity contribution < 1.29 is 19.1 Å². The van der Waals surface area contributed by atoms with E-state index in [4.69, 9.17) is 0 Å². The average molecular weight is 385 g/mol. The number of ketones is 1. The van der Waals surface area contributed by atoms with Crippen molar-refractivity contribution in [2.45, 2.75) is 44.2 Å². The Bertz CT molecular complexity index is 883. The van der Waals surface area contributed by atoms with Crippen LogP contribution in [0.5, 0.6) is 0 Å². The molecule has 1 aliphatic carbocycles. The summed E-state index contributed by atoms with van der Waals surface area (Å²) in [5.41, 5.74) is 0.430. The van der Waals surface area contributed by atoms with Crippen molar-refractivity contribution in [3.63, 3.8) is 0 Å². The number of hydrogen-bond donors (Lipinski definition) is 1. The lowest BCUT2D eigenvalue weighted by molar-refractivity contribution is -0.141. The summed E-state index contributed by atoms with van der Waals surface area (Å²) in [5, 5.41) is 12.7. The summed E-state index contributed by atoms with van der Waals surface area (Å²) < 4.78 is 13.2. The molecular formula is C21H20FNO3S. The molecule has 1 aliphatic heterocycles. The molecule has 1 aromatic carbocycles. The molecule has 6 heteroatoms. The van der Waals surface area contributed by atoms with Crippen molar-refractivity contribution in [1.82, 2.24) is 4.90 Å². The summed E-state index contributed by atoms with van der Waals surface area (Å²) in [6.45, 7) is 0. The van der Waals surface area contributed by atoms with E-state index >= 15 is 0 Å². The number of likely N-dealkylation sites (tertiary alicyclic amines) is 1. The predicted molar refractivity (Wildman–Crippen MR) is 102 cm³/mol. The van der Waals surface area contributed by atoms with Gasteiger partial charge in [-0.25, -0.2) is 4.39 Å². The van der Waals surface area contributed by atoms with Crippen LogP contribution in [0.15, 0.2) is 47.4 Å². The number of rotatable bonds is 3. The monoisotopic (exact) mass is 385 g/mol. The Morgan fingerprint density at radius 2 is 1.78 bits per heavy atom. The first-order valence-corrected chi connectivity index (χ1v) is 10.1. The van der Waals surface area contributed by atoms with Crippen LogP contribution >= 0.6 is 11.3 Å². The van der Waals surface area contributed by atoms with Gasteiger partial charge in [-0.1, -0.05) is 25.3 Å². The van der Waals surface area contributed by atoms with Crippen LogP contribution in [-0.4, -0.2) is 27.7 Å². The topological polar surface area (TPSA) is 57.6 Å². The van der Waals surface area contributed by atoms with Crippen LogP contribution in [0, 0.1) is 5.82 Å². The van der Waals surface area contributed by atoms with Crippen molar-refractivity contribution in [2.24, 2.45) is 0 Å². The number of benzene rings is 1. The first-order chi connectivity index (χ1) is 13.1. The van der Waals surface area contributed by atoms with Gasteiger partial charge in [-0.3, -0.25) is 9.59 Å². The SMILES string of the molecule is O=C1C(=O)N(C2CCCCC2)C(c2cccs2)/C1=C(/O)c1ccc(F)cc1. The molecule has 2 fully saturated rings. The van der Waals surface area contributed by atoms with E-state index in [1.807, 2.05) is 17.5 Å². The highest BCUT2D eigenvalue weighted by Gasteiger charge is 2.49. The molecule has 1 atom stereocenters. The van der Waals surface area contributed by atoms with Crippen molar-refractivity contribution in [1.29, 1.82) is 0 Å². The zero-order valence-corrected chi connectivity index (χ0v) is 15.5. The largest absolute Gasteiger partial charge is 0.507 e. The molecule has 1 aromatic heterocycles. The standard InChI is InChI=1S/C21H20FNO3S/c22-14-10-8-13(9-11-14)19(24)17-18(16-7-4-12-27-16)23(21(26)20(17)25)15-5-2-1-3-6-15/h4,7-12,15,18,24H,1-3,5-6H2/b19-17-. The second kappa shape index (κ2) is 7.27. The first kappa shape index (κ1) is 17.9. The van der Waals surface area contributed by atoms with Crippen LogP contribution in [-0.2, 0) is 9.59 Å². The van der Waals surface area contributed by atoms with Crippen LogP contribution in [0.1, 0.15) is 48.6 Å². The summed E-state index contributed by atoms with van der Waals surface area (Å²) in [6.07, 6.45) is 4.93. The number of hydrogen-bond acceptors (Lipinski definition) is 4. The third kappa shape index (κ3) is 3.18. The van der Waals surface area contributed by atoms with E-state index in [0.29, 0.717) is 5.56 Å². The number of carbonyl (C=O) groups is 2. The van der Waals surface area contributed by atoms with Crippen LogP contribution in [0.25, 0.3) is 5.76 Å². The zero-order valence-electron chi connectivity index (χ0n) is 14.7. The van der Waals surface area contributed by atoms with Gasteiger partial charge in [0.05, 0.1) is 11.6 Å². The van der Waals surface area contributed by atoms with E-state index in [-0.39, 0.29) is 17.4 Å². The second-order valence-corrected chi connectivity index (χ2v) is 8.00. The van der Waals surface area contributed by atoms with E-state index in [1.165, 1.54) is 35.6 Å². The number of halogens is 1. The van der Waals surface area contributed by atoms with Crippen molar-refractivity contribution in [2.75, 3.05) is 0 Å². The Kier molecular flexibility index (Phi) is 4.83.